The molecule has 0 aliphatic heterocycles. The molecule has 0 fully saturated rings. The van der Waals surface area contributed by atoms with E-state index >= 15 is 0 Å². The second-order valence-electron chi connectivity index (χ2n) is 9.25. The van der Waals surface area contributed by atoms with E-state index in [9.17, 15) is 18.0 Å². The van der Waals surface area contributed by atoms with Gasteiger partial charge in [-0.3, -0.25) is 13.9 Å². The van der Waals surface area contributed by atoms with Crippen LogP contribution >= 0.6 is 27.5 Å². The van der Waals surface area contributed by atoms with Crippen LogP contribution in [0.2, 0.25) is 5.02 Å². The van der Waals surface area contributed by atoms with Crippen LogP contribution in [0.3, 0.4) is 0 Å². The molecule has 208 valence electrons. The number of nitrogens with one attached hydrogen (secondary N) is 1. The highest BCUT2D eigenvalue weighted by molar-refractivity contribution is 9.10. The summed E-state index contributed by atoms with van der Waals surface area (Å²) in [6, 6.07) is 22.3. The molecule has 2 amide bonds. The van der Waals surface area contributed by atoms with E-state index in [1.54, 1.807) is 42.5 Å². The number of benzene rings is 3. The van der Waals surface area contributed by atoms with Crippen molar-refractivity contribution in [3.63, 3.8) is 0 Å². The number of nitrogens with zero attached hydrogens (tertiary/aromatic N) is 2. The lowest BCUT2D eigenvalue weighted by molar-refractivity contribution is -0.140. The lowest BCUT2D eigenvalue weighted by atomic mass is 10.0. The van der Waals surface area contributed by atoms with Crippen LogP contribution in [0.25, 0.3) is 0 Å². The molecule has 0 aliphatic carbocycles. The van der Waals surface area contributed by atoms with E-state index in [0.29, 0.717) is 17.3 Å². The molecule has 1 atom stereocenters. The summed E-state index contributed by atoms with van der Waals surface area (Å²) < 4.78 is 27.4. The van der Waals surface area contributed by atoms with Crippen molar-refractivity contribution in [3.05, 3.63) is 99.5 Å². The molecule has 0 radical (unpaired) electrons. The number of carbonyl (C=O) groups is 2. The maximum absolute atomic E-state index is 14.0. The molecule has 39 heavy (non-hydrogen) atoms. The number of sulfonamides is 1. The van der Waals surface area contributed by atoms with E-state index in [-0.39, 0.29) is 18.9 Å². The maximum atomic E-state index is 14.0. The zero-order chi connectivity index (χ0) is 28.4. The molecule has 0 saturated carbocycles. The predicted molar refractivity (Wildman–Crippen MR) is 160 cm³/mol. The summed E-state index contributed by atoms with van der Waals surface area (Å²) >= 11 is 9.58. The smallest absolute Gasteiger partial charge is 0.244 e. The van der Waals surface area contributed by atoms with Crippen LogP contribution in [0, 0.1) is 0 Å². The number of rotatable bonds is 13. The van der Waals surface area contributed by atoms with E-state index in [1.165, 1.54) is 4.90 Å². The van der Waals surface area contributed by atoms with Gasteiger partial charge in [0.1, 0.15) is 12.6 Å². The first-order chi connectivity index (χ1) is 18.6. The van der Waals surface area contributed by atoms with E-state index in [4.69, 9.17) is 11.6 Å². The normalized spacial score (nSPS) is 12.0. The molecule has 7 nitrogen and oxygen atoms in total. The number of anilines is 1. The summed E-state index contributed by atoms with van der Waals surface area (Å²) in [6.45, 7) is 2.13. The second-order valence-corrected chi connectivity index (χ2v) is 12.5. The fourth-order valence-electron chi connectivity index (χ4n) is 4.11. The van der Waals surface area contributed by atoms with Crippen LogP contribution < -0.4 is 9.62 Å². The molecular weight excluding hydrogens is 602 g/mol. The third-order valence-electron chi connectivity index (χ3n) is 6.14. The van der Waals surface area contributed by atoms with Crippen LogP contribution in [-0.4, -0.2) is 50.5 Å². The fraction of sp³-hybridized carbons (Fsp3) is 0.310. The van der Waals surface area contributed by atoms with Gasteiger partial charge in [-0.15, -0.1) is 0 Å². The molecule has 0 aromatic heterocycles. The molecule has 0 heterocycles. The first-order valence-electron chi connectivity index (χ1n) is 12.7. The Morgan fingerprint density at radius 3 is 2.26 bits per heavy atom. The molecule has 0 unspecified atom stereocenters. The van der Waals surface area contributed by atoms with Crippen LogP contribution in [0.5, 0.6) is 0 Å². The lowest BCUT2D eigenvalue weighted by Gasteiger charge is -2.33. The van der Waals surface area contributed by atoms with E-state index in [1.807, 2.05) is 43.3 Å². The Balaban J connectivity index is 2.02. The van der Waals surface area contributed by atoms with Crippen LogP contribution in [-0.2, 0) is 32.6 Å². The molecule has 3 aromatic rings. The molecular formula is C29H33BrClN3O4S. The summed E-state index contributed by atoms with van der Waals surface area (Å²) in [7, 11) is -3.81. The Morgan fingerprint density at radius 1 is 0.974 bits per heavy atom. The standard InChI is InChI=1S/C29H33BrClN3O4S/c1-3-4-17-32-29(36)27(19-22-9-6-5-7-10-22)33(20-23-11-8-12-25(31)18-23)28(35)21-34(39(2,37)38)26-15-13-24(30)14-16-26/h5-16,18,27H,3-4,17,19-21H2,1-2H3,(H,32,36)/t27-/m0/s1. The third kappa shape index (κ3) is 9.37. The summed E-state index contributed by atoms with van der Waals surface area (Å²) in [6.07, 6.45) is 3.04. The molecule has 3 rings (SSSR count). The van der Waals surface area contributed by atoms with Gasteiger partial charge in [-0.1, -0.05) is 83.3 Å². The minimum atomic E-state index is -3.81. The second kappa shape index (κ2) is 14.5. The molecule has 0 aliphatic rings. The minimum absolute atomic E-state index is 0.0794. The Morgan fingerprint density at radius 2 is 1.64 bits per heavy atom. The summed E-state index contributed by atoms with van der Waals surface area (Å²) in [5.41, 5.74) is 1.96. The average Bonchev–Trinajstić information content (AvgIpc) is 2.90. The Labute approximate surface area is 244 Å². The van der Waals surface area contributed by atoms with Crippen LogP contribution in [0.4, 0.5) is 5.69 Å². The van der Waals surface area contributed by atoms with Crippen molar-refractivity contribution in [1.82, 2.24) is 10.2 Å². The van der Waals surface area contributed by atoms with Crippen molar-refractivity contribution < 1.29 is 18.0 Å². The lowest BCUT2D eigenvalue weighted by Crippen LogP contribution is -2.53. The van der Waals surface area contributed by atoms with Crippen molar-refractivity contribution in [1.29, 1.82) is 0 Å². The van der Waals surface area contributed by atoms with E-state index < -0.39 is 28.5 Å². The number of unbranched alkanes of at least 4 members (excludes halogenated alkanes) is 1. The van der Waals surface area contributed by atoms with Crippen molar-refractivity contribution in [3.8, 4) is 0 Å². The van der Waals surface area contributed by atoms with Crippen molar-refractivity contribution in [2.75, 3.05) is 23.7 Å². The number of carbonyl (C=O) groups excluding carboxylic acids is 2. The van der Waals surface area contributed by atoms with Gasteiger partial charge in [-0.25, -0.2) is 8.42 Å². The highest BCUT2D eigenvalue weighted by Crippen LogP contribution is 2.23. The SMILES string of the molecule is CCCCNC(=O)[C@H](Cc1ccccc1)N(Cc1cccc(Cl)c1)C(=O)CN(c1ccc(Br)cc1)S(C)(=O)=O. The van der Waals surface area contributed by atoms with Gasteiger partial charge >= 0.3 is 0 Å². The van der Waals surface area contributed by atoms with Gasteiger partial charge < -0.3 is 10.2 Å². The van der Waals surface area contributed by atoms with Crippen LogP contribution in [0.15, 0.2) is 83.3 Å². The number of halogens is 2. The molecule has 3 aromatic carbocycles. The zero-order valence-electron chi connectivity index (χ0n) is 22.0. The molecule has 1 N–H and O–H groups in total. The van der Waals surface area contributed by atoms with Gasteiger partial charge in [-0.05, 0) is 53.9 Å². The van der Waals surface area contributed by atoms with Crippen LogP contribution in [0.1, 0.15) is 30.9 Å². The first kappa shape index (κ1) is 30.7. The maximum Gasteiger partial charge on any atom is 0.244 e. The summed E-state index contributed by atoms with van der Waals surface area (Å²) in [5, 5.41) is 3.46. The zero-order valence-corrected chi connectivity index (χ0v) is 25.2. The first-order valence-corrected chi connectivity index (χ1v) is 15.7. The van der Waals surface area contributed by atoms with Gasteiger partial charge in [0.15, 0.2) is 0 Å². The number of hydrogen-bond donors (Lipinski definition) is 1. The largest absolute Gasteiger partial charge is 0.354 e. The van der Waals surface area contributed by atoms with Crippen molar-refractivity contribution >= 4 is 55.1 Å². The van der Waals surface area contributed by atoms with E-state index in [2.05, 4.69) is 21.2 Å². The third-order valence-corrected chi connectivity index (χ3v) is 8.04. The van der Waals surface area contributed by atoms with E-state index in [0.717, 1.165) is 39.0 Å². The van der Waals surface area contributed by atoms with Gasteiger partial charge in [0.2, 0.25) is 21.8 Å². The average molecular weight is 635 g/mol. The van der Waals surface area contributed by atoms with Crippen molar-refractivity contribution in [2.24, 2.45) is 0 Å². The summed E-state index contributed by atoms with van der Waals surface area (Å²) in [4.78, 5) is 29.0. The Kier molecular flexibility index (Phi) is 11.4. The highest BCUT2D eigenvalue weighted by Gasteiger charge is 2.33. The molecule has 0 saturated heterocycles. The predicted octanol–water partition coefficient (Wildman–Crippen LogP) is 5.42. The molecule has 0 spiro atoms. The summed E-state index contributed by atoms with van der Waals surface area (Å²) in [5.74, 6) is -0.799. The number of amides is 2. The highest BCUT2D eigenvalue weighted by atomic mass is 79.9. The monoisotopic (exact) mass is 633 g/mol. The topological polar surface area (TPSA) is 86.8 Å². The Hall–Kier alpha value is -2.88. The fourth-order valence-corrected chi connectivity index (χ4v) is 5.44. The van der Waals surface area contributed by atoms with Crippen molar-refractivity contribution in [2.45, 2.75) is 38.8 Å². The minimum Gasteiger partial charge on any atom is -0.354 e. The van der Waals surface area contributed by atoms with Gasteiger partial charge in [-0.2, -0.15) is 0 Å². The Bertz CT molecular complexity index is 1350. The molecule has 10 heteroatoms. The van der Waals surface area contributed by atoms with Gasteiger partial charge in [0.25, 0.3) is 0 Å². The number of hydrogen-bond acceptors (Lipinski definition) is 4. The van der Waals surface area contributed by atoms with Gasteiger partial charge in [0.05, 0.1) is 11.9 Å². The quantitative estimate of drug-likeness (QED) is 0.254. The molecule has 0 bridgehead atoms. The van der Waals surface area contributed by atoms with Gasteiger partial charge in [0, 0.05) is 29.0 Å².